The second-order valence-corrected chi connectivity index (χ2v) is 7.35. The molecule has 0 saturated carbocycles. The zero-order valence-electron chi connectivity index (χ0n) is 16.5. The van der Waals surface area contributed by atoms with E-state index in [1.807, 2.05) is 60.7 Å². The van der Waals surface area contributed by atoms with Crippen molar-refractivity contribution >= 4 is 5.91 Å². The fraction of sp³-hybridized carbons (Fsp3) is 0.292. The number of ether oxygens (including phenoxy) is 1. The first kappa shape index (κ1) is 19.3. The first-order valence-electron chi connectivity index (χ1n) is 10.1. The lowest BCUT2D eigenvalue weighted by Crippen LogP contribution is -2.22. The van der Waals surface area contributed by atoms with Gasteiger partial charge in [-0.3, -0.25) is 9.69 Å². The number of likely N-dealkylation sites (tertiary alicyclic amines) is 1. The lowest BCUT2D eigenvalue weighted by atomic mass is 10.2. The van der Waals surface area contributed by atoms with Gasteiger partial charge >= 0.3 is 0 Å². The van der Waals surface area contributed by atoms with Crippen molar-refractivity contribution in [2.75, 3.05) is 13.1 Å². The molecule has 0 spiro atoms. The smallest absolute Gasteiger partial charge is 0.287 e. The topological polar surface area (TPSA) is 54.7 Å². The Morgan fingerprint density at radius 3 is 2.59 bits per heavy atom. The highest BCUT2D eigenvalue weighted by Gasteiger charge is 2.16. The molecule has 0 aliphatic carbocycles. The van der Waals surface area contributed by atoms with Crippen LogP contribution >= 0.6 is 0 Å². The van der Waals surface area contributed by atoms with Crippen molar-refractivity contribution in [1.29, 1.82) is 0 Å². The summed E-state index contributed by atoms with van der Waals surface area (Å²) >= 11 is 0. The standard InChI is InChI=1S/C24H26N2O3/c27-24(23-12-11-22(29-23)17-26-13-4-5-14-26)25-16-20-9-6-10-21(15-20)28-18-19-7-2-1-3-8-19/h1-3,6-12,15H,4-5,13-14,16-18H2,(H,25,27). The Hall–Kier alpha value is -3.05. The summed E-state index contributed by atoms with van der Waals surface area (Å²) in [4.78, 5) is 14.8. The third-order valence-electron chi connectivity index (χ3n) is 5.06. The van der Waals surface area contributed by atoms with Gasteiger partial charge < -0.3 is 14.5 Å². The SMILES string of the molecule is O=C(NCc1cccc(OCc2ccccc2)c1)c1ccc(CN2CCCC2)o1. The maximum Gasteiger partial charge on any atom is 0.287 e. The summed E-state index contributed by atoms with van der Waals surface area (Å²) in [6, 6.07) is 21.5. The minimum atomic E-state index is -0.201. The molecule has 150 valence electrons. The minimum absolute atomic E-state index is 0.201. The molecule has 4 rings (SSSR count). The number of carbonyl (C=O) groups is 1. The molecule has 29 heavy (non-hydrogen) atoms. The Kier molecular flexibility index (Phi) is 6.27. The average Bonchev–Trinajstić information content (AvgIpc) is 3.44. The first-order chi connectivity index (χ1) is 14.3. The predicted molar refractivity (Wildman–Crippen MR) is 112 cm³/mol. The van der Waals surface area contributed by atoms with Crippen LogP contribution in [0.25, 0.3) is 0 Å². The van der Waals surface area contributed by atoms with Crippen molar-refractivity contribution in [1.82, 2.24) is 10.2 Å². The van der Waals surface area contributed by atoms with E-state index in [0.717, 1.165) is 42.3 Å². The van der Waals surface area contributed by atoms with E-state index in [2.05, 4.69) is 10.2 Å². The Morgan fingerprint density at radius 1 is 0.966 bits per heavy atom. The predicted octanol–water partition coefficient (Wildman–Crippen LogP) is 4.38. The molecule has 0 bridgehead atoms. The fourth-order valence-corrected chi connectivity index (χ4v) is 3.50. The molecule has 2 aromatic carbocycles. The summed E-state index contributed by atoms with van der Waals surface area (Å²) < 4.78 is 11.6. The van der Waals surface area contributed by atoms with Gasteiger partial charge in [0, 0.05) is 6.54 Å². The molecule has 3 aromatic rings. The fourth-order valence-electron chi connectivity index (χ4n) is 3.50. The van der Waals surface area contributed by atoms with Gasteiger partial charge in [0.2, 0.25) is 0 Å². The van der Waals surface area contributed by atoms with Gasteiger partial charge in [0.05, 0.1) is 6.54 Å². The van der Waals surface area contributed by atoms with Crippen molar-refractivity contribution < 1.29 is 13.9 Å². The van der Waals surface area contributed by atoms with Crippen molar-refractivity contribution in [2.45, 2.75) is 32.5 Å². The number of amides is 1. The number of nitrogens with one attached hydrogen (secondary N) is 1. The highest BCUT2D eigenvalue weighted by molar-refractivity contribution is 5.91. The van der Waals surface area contributed by atoms with Crippen LogP contribution in [0.5, 0.6) is 5.75 Å². The van der Waals surface area contributed by atoms with Crippen LogP contribution in [0.15, 0.2) is 71.1 Å². The highest BCUT2D eigenvalue weighted by atomic mass is 16.5. The molecule has 5 nitrogen and oxygen atoms in total. The molecule has 0 unspecified atom stereocenters. The third kappa shape index (κ3) is 5.48. The van der Waals surface area contributed by atoms with E-state index in [4.69, 9.17) is 9.15 Å². The average molecular weight is 390 g/mol. The second kappa shape index (κ2) is 9.43. The van der Waals surface area contributed by atoms with Crippen LogP contribution < -0.4 is 10.1 Å². The van der Waals surface area contributed by atoms with E-state index >= 15 is 0 Å². The van der Waals surface area contributed by atoms with E-state index in [1.54, 1.807) is 6.07 Å². The third-order valence-corrected chi connectivity index (χ3v) is 5.06. The van der Waals surface area contributed by atoms with Crippen LogP contribution in [-0.4, -0.2) is 23.9 Å². The van der Waals surface area contributed by atoms with Crippen LogP contribution in [0.4, 0.5) is 0 Å². The van der Waals surface area contributed by atoms with Gasteiger partial charge in [-0.05, 0) is 61.3 Å². The van der Waals surface area contributed by atoms with Crippen LogP contribution in [0.1, 0.15) is 40.3 Å². The molecule has 1 aromatic heterocycles. The van der Waals surface area contributed by atoms with Gasteiger partial charge in [0.15, 0.2) is 5.76 Å². The maximum absolute atomic E-state index is 12.4. The Balaban J connectivity index is 1.28. The summed E-state index contributed by atoms with van der Waals surface area (Å²) in [5.74, 6) is 1.78. The molecule has 1 aliphatic rings. The monoisotopic (exact) mass is 390 g/mol. The zero-order valence-corrected chi connectivity index (χ0v) is 16.5. The van der Waals surface area contributed by atoms with Crippen LogP contribution in [0.2, 0.25) is 0 Å². The summed E-state index contributed by atoms with van der Waals surface area (Å²) in [7, 11) is 0. The molecule has 1 saturated heterocycles. The summed E-state index contributed by atoms with van der Waals surface area (Å²) in [6.45, 7) is 3.91. The quantitative estimate of drug-likeness (QED) is 0.620. The van der Waals surface area contributed by atoms with Crippen molar-refractivity contribution in [2.24, 2.45) is 0 Å². The van der Waals surface area contributed by atoms with Crippen molar-refractivity contribution in [3.05, 3.63) is 89.4 Å². The zero-order chi connectivity index (χ0) is 19.9. The van der Waals surface area contributed by atoms with Crippen LogP contribution in [-0.2, 0) is 19.7 Å². The molecule has 1 amide bonds. The molecule has 2 heterocycles. The second-order valence-electron chi connectivity index (χ2n) is 7.35. The molecule has 0 atom stereocenters. The Morgan fingerprint density at radius 2 is 1.76 bits per heavy atom. The number of benzene rings is 2. The van der Waals surface area contributed by atoms with Gasteiger partial charge in [0.25, 0.3) is 5.91 Å². The number of rotatable bonds is 8. The summed E-state index contributed by atoms with van der Waals surface area (Å²) in [5.41, 5.74) is 2.10. The molecular weight excluding hydrogens is 364 g/mol. The molecular formula is C24H26N2O3. The van der Waals surface area contributed by atoms with E-state index in [0.29, 0.717) is 18.9 Å². The van der Waals surface area contributed by atoms with Gasteiger partial charge in [-0.1, -0.05) is 42.5 Å². The normalized spacial score (nSPS) is 14.1. The summed E-state index contributed by atoms with van der Waals surface area (Å²) in [5, 5.41) is 2.92. The van der Waals surface area contributed by atoms with Crippen molar-refractivity contribution in [3.8, 4) is 5.75 Å². The number of hydrogen-bond acceptors (Lipinski definition) is 4. The molecule has 5 heteroatoms. The van der Waals surface area contributed by atoms with Gasteiger partial charge in [-0.15, -0.1) is 0 Å². The Labute approximate surface area is 171 Å². The van der Waals surface area contributed by atoms with Crippen LogP contribution in [0.3, 0.4) is 0 Å². The van der Waals surface area contributed by atoms with Gasteiger partial charge in [-0.2, -0.15) is 0 Å². The lowest BCUT2D eigenvalue weighted by molar-refractivity contribution is 0.0919. The van der Waals surface area contributed by atoms with E-state index in [1.165, 1.54) is 12.8 Å². The minimum Gasteiger partial charge on any atom is -0.489 e. The molecule has 1 aliphatic heterocycles. The number of hydrogen-bond donors (Lipinski definition) is 1. The van der Waals surface area contributed by atoms with Gasteiger partial charge in [-0.25, -0.2) is 0 Å². The molecule has 1 N–H and O–H groups in total. The lowest BCUT2D eigenvalue weighted by Gasteiger charge is -2.11. The molecule has 0 radical (unpaired) electrons. The van der Waals surface area contributed by atoms with E-state index < -0.39 is 0 Å². The Bertz CT molecular complexity index is 930. The number of nitrogens with zero attached hydrogens (tertiary/aromatic N) is 1. The van der Waals surface area contributed by atoms with Crippen LogP contribution in [0, 0.1) is 0 Å². The number of carbonyl (C=O) groups excluding carboxylic acids is 1. The van der Waals surface area contributed by atoms with Gasteiger partial charge in [0.1, 0.15) is 18.1 Å². The number of furan rings is 1. The van der Waals surface area contributed by atoms with Crippen molar-refractivity contribution in [3.63, 3.8) is 0 Å². The summed E-state index contributed by atoms with van der Waals surface area (Å²) in [6.07, 6.45) is 2.48. The first-order valence-corrected chi connectivity index (χ1v) is 10.1. The van der Waals surface area contributed by atoms with E-state index in [-0.39, 0.29) is 5.91 Å². The highest BCUT2D eigenvalue weighted by Crippen LogP contribution is 2.17. The molecule has 1 fully saturated rings. The maximum atomic E-state index is 12.4. The van der Waals surface area contributed by atoms with E-state index in [9.17, 15) is 4.79 Å². The largest absolute Gasteiger partial charge is 0.489 e.